The molecular weight excluding hydrogens is 339 g/mol. The Kier molecular flexibility index (Phi) is 6.89. The summed E-state index contributed by atoms with van der Waals surface area (Å²) in [5.74, 6) is -0.613. The molecule has 0 fully saturated rings. The number of nitrogens with one attached hydrogen (secondary N) is 2. The number of esters is 1. The van der Waals surface area contributed by atoms with Gasteiger partial charge in [-0.1, -0.05) is 18.2 Å². The molecule has 0 amide bonds. The molecule has 0 heterocycles. The second-order valence-electron chi connectivity index (χ2n) is 5.63. The van der Waals surface area contributed by atoms with E-state index in [0.717, 1.165) is 29.7 Å². The predicted molar refractivity (Wildman–Crippen MR) is 101 cm³/mol. The molecule has 0 saturated heterocycles. The number of halogens is 1. The number of anilines is 1. The zero-order valence-electron chi connectivity index (χ0n) is 14.3. The van der Waals surface area contributed by atoms with Crippen LogP contribution in [0.5, 0.6) is 0 Å². The fourth-order valence-corrected chi connectivity index (χ4v) is 2.53. The molecule has 0 aliphatic carbocycles. The van der Waals surface area contributed by atoms with Crippen LogP contribution < -0.4 is 10.6 Å². The van der Waals surface area contributed by atoms with Crippen molar-refractivity contribution in [1.29, 1.82) is 0 Å². The lowest BCUT2D eigenvalue weighted by Gasteiger charge is -2.13. The summed E-state index contributed by atoms with van der Waals surface area (Å²) in [4.78, 5) is 11.6. The maximum Gasteiger partial charge on any atom is 0.337 e. The molecule has 0 bridgehead atoms. The Labute approximate surface area is 152 Å². The van der Waals surface area contributed by atoms with Gasteiger partial charge in [-0.15, -0.1) is 0 Å². The number of ether oxygens (including phenoxy) is 1. The van der Waals surface area contributed by atoms with Crippen molar-refractivity contribution in [3.8, 4) is 0 Å². The molecule has 25 heavy (non-hydrogen) atoms. The molecule has 0 radical (unpaired) electrons. The predicted octanol–water partition coefficient (Wildman–Crippen LogP) is 3.84. The van der Waals surface area contributed by atoms with Crippen LogP contribution in [-0.2, 0) is 11.2 Å². The molecule has 6 heteroatoms. The molecular formula is C19H21FN2O2S. The number of rotatable bonds is 6. The standard InChI is InChI=1S/C19H21FN2O2S/c1-13-5-8-15(18(23)24-2)12-17(13)22-19(25)21-11-3-4-14-6-9-16(20)10-7-14/h5-10,12H,3-4,11H2,1-2H3,(H2,21,22,25). The minimum atomic E-state index is -0.388. The van der Waals surface area contributed by atoms with Crippen LogP contribution in [0, 0.1) is 12.7 Å². The first-order valence-electron chi connectivity index (χ1n) is 7.98. The van der Waals surface area contributed by atoms with E-state index in [4.69, 9.17) is 17.0 Å². The van der Waals surface area contributed by atoms with Crippen LogP contribution >= 0.6 is 12.2 Å². The third-order valence-corrected chi connectivity index (χ3v) is 3.99. The van der Waals surface area contributed by atoms with Crippen LogP contribution in [0.3, 0.4) is 0 Å². The summed E-state index contributed by atoms with van der Waals surface area (Å²) in [5.41, 5.74) is 3.29. The molecule has 0 aromatic heterocycles. The van der Waals surface area contributed by atoms with Crippen LogP contribution in [0.25, 0.3) is 0 Å². The molecule has 2 N–H and O–H groups in total. The highest BCUT2D eigenvalue weighted by Crippen LogP contribution is 2.17. The van der Waals surface area contributed by atoms with Crippen molar-refractivity contribution >= 4 is 29.0 Å². The average molecular weight is 360 g/mol. The fraction of sp³-hybridized carbons (Fsp3) is 0.263. The summed E-state index contributed by atoms with van der Waals surface area (Å²) in [6.07, 6.45) is 1.71. The van der Waals surface area contributed by atoms with E-state index in [2.05, 4.69) is 10.6 Å². The molecule has 0 unspecified atom stereocenters. The van der Waals surface area contributed by atoms with E-state index in [1.54, 1.807) is 24.3 Å². The Hall–Kier alpha value is -2.47. The van der Waals surface area contributed by atoms with Crippen molar-refractivity contribution in [3.63, 3.8) is 0 Å². The summed E-state index contributed by atoms with van der Waals surface area (Å²) >= 11 is 5.29. The molecule has 0 atom stereocenters. The highest BCUT2D eigenvalue weighted by atomic mass is 32.1. The summed E-state index contributed by atoms with van der Waals surface area (Å²) < 4.78 is 17.6. The zero-order valence-corrected chi connectivity index (χ0v) is 15.1. The van der Waals surface area contributed by atoms with Gasteiger partial charge in [0.2, 0.25) is 0 Å². The van der Waals surface area contributed by atoms with Gasteiger partial charge in [-0.25, -0.2) is 9.18 Å². The van der Waals surface area contributed by atoms with Gasteiger partial charge < -0.3 is 15.4 Å². The number of thiocarbonyl (C=S) groups is 1. The van der Waals surface area contributed by atoms with Crippen LogP contribution in [0.15, 0.2) is 42.5 Å². The molecule has 2 aromatic carbocycles. The third kappa shape index (κ3) is 5.83. The molecule has 132 valence electrons. The number of hydrogen-bond donors (Lipinski definition) is 2. The number of benzene rings is 2. The smallest absolute Gasteiger partial charge is 0.337 e. The van der Waals surface area contributed by atoms with Crippen LogP contribution in [0.2, 0.25) is 0 Å². The minimum Gasteiger partial charge on any atom is -0.465 e. The van der Waals surface area contributed by atoms with Crippen molar-refractivity contribution in [2.45, 2.75) is 19.8 Å². The second-order valence-corrected chi connectivity index (χ2v) is 6.04. The number of carbonyl (C=O) groups is 1. The highest BCUT2D eigenvalue weighted by Gasteiger charge is 2.08. The van der Waals surface area contributed by atoms with E-state index in [1.807, 2.05) is 13.0 Å². The van der Waals surface area contributed by atoms with E-state index in [-0.39, 0.29) is 11.8 Å². The SMILES string of the molecule is COC(=O)c1ccc(C)c(NC(=S)NCCCc2ccc(F)cc2)c1. The van der Waals surface area contributed by atoms with E-state index < -0.39 is 0 Å². The molecule has 4 nitrogen and oxygen atoms in total. The summed E-state index contributed by atoms with van der Waals surface area (Å²) in [6, 6.07) is 11.8. The second kappa shape index (κ2) is 9.13. The largest absolute Gasteiger partial charge is 0.465 e. The topological polar surface area (TPSA) is 50.4 Å². The zero-order chi connectivity index (χ0) is 18.2. The monoisotopic (exact) mass is 360 g/mol. The lowest BCUT2D eigenvalue weighted by atomic mass is 10.1. The van der Waals surface area contributed by atoms with Crippen molar-refractivity contribution in [2.24, 2.45) is 0 Å². The summed E-state index contributed by atoms with van der Waals surface area (Å²) in [7, 11) is 1.35. The van der Waals surface area contributed by atoms with E-state index in [1.165, 1.54) is 19.2 Å². The van der Waals surface area contributed by atoms with Gasteiger partial charge in [-0.2, -0.15) is 0 Å². The fourth-order valence-electron chi connectivity index (χ4n) is 2.31. The Balaban J connectivity index is 1.81. The molecule has 2 aromatic rings. The molecule has 0 aliphatic rings. The van der Waals surface area contributed by atoms with Gasteiger partial charge in [0, 0.05) is 12.2 Å². The first kappa shape index (κ1) is 18.9. The molecule has 2 rings (SSSR count). The van der Waals surface area contributed by atoms with Gasteiger partial charge in [0.15, 0.2) is 5.11 Å². The Morgan fingerprint density at radius 2 is 1.92 bits per heavy atom. The Bertz CT molecular complexity index is 748. The maximum absolute atomic E-state index is 12.9. The number of carbonyl (C=O) groups excluding carboxylic acids is 1. The van der Waals surface area contributed by atoms with Crippen molar-refractivity contribution in [1.82, 2.24) is 5.32 Å². The summed E-state index contributed by atoms with van der Waals surface area (Å²) in [5, 5.41) is 6.72. The minimum absolute atomic E-state index is 0.225. The van der Waals surface area contributed by atoms with Crippen molar-refractivity contribution in [2.75, 3.05) is 19.0 Å². The normalized spacial score (nSPS) is 10.2. The van der Waals surface area contributed by atoms with Gasteiger partial charge in [-0.05, 0) is 67.4 Å². The Morgan fingerprint density at radius 3 is 2.60 bits per heavy atom. The lowest BCUT2D eigenvalue weighted by molar-refractivity contribution is 0.0601. The summed E-state index contributed by atoms with van der Waals surface area (Å²) in [6.45, 7) is 2.62. The van der Waals surface area contributed by atoms with Gasteiger partial charge in [-0.3, -0.25) is 0 Å². The maximum atomic E-state index is 12.9. The third-order valence-electron chi connectivity index (χ3n) is 3.75. The van der Waals surface area contributed by atoms with Crippen LogP contribution in [0.4, 0.5) is 10.1 Å². The number of methoxy groups -OCH3 is 1. The van der Waals surface area contributed by atoms with Gasteiger partial charge >= 0.3 is 5.97 Å². The van der Waals surface area contributed by atoms with Gasteiger partial charge in [0.25, 0.3) is 0 Å². The average Bonchev–Trinajstić information content (AvgIpc) is 2.61. The lowest BCUT2D eigenvalue weighted by Crippen LogP contribution is -2.29. The first-order chi connectivity index (χ1) is 12.0. The molecule has 0 saturated carbocycles. The van der Waals surface area contributed by atoms with Gasteiger partial charge in [0.1, 0.15) is 5.82 Å². The Morgan fingerprint density at radius 1 is 1.20 bits per heavy atom. The number of hydrogen-bond acceptors (Lipinski definition) is 3. The van der Waals surface area contributed by atoms with Crippen LogP contribution in [-0.4, -0.2) is 24.7 Å². The highest BCUT2D eigenvalue weighted by molar-refractivity contribution is 7.80. The number of aryl methyl sites for hydroxylation is 2. The van der Waals surface area contributed by atoms with Crippen molar-refractivity contribution < 1.29 is 13.9 Å². The van der Waals surface area contributed by atoms with E-state index in [9.17, 15) is 9.18 Å². The molecule has 0 aliphatic heterocycles. The van der Waals surface area contributed by atoms with Gasteiger partial charge in [0.05, 0.1) is 12.7 Å². The quantitative estimate of drug-likeness (QED) is 0.466. The van der Waals surface area contributed by atoms with E-state index in [0.29, 0.717) is 17.2 Å². The molecule has 0 spiro atoms. The van der Waals surface area contributed by atoms with Crippen LogP contribution in [0.1, 0.15) is 27.9 Å². The first-order valence-corrected chi connectivity index (χ1v) is 8.38. The van der Waals surface area contributed by atoms with E-state index >= 15 is 0 Å². The van der Waals surface area contributed by atoms with Crippen molar-refractivity contribution in [3.05, 3.63) is 65.0 Å².